The van der Waals surface area contributed by atoms with E-state index in [0.717, 1.165) is 38.0 Å². The van der Waals surface area contributed by atoms with E-state index < -0.39 is 5.91 Å². The third-order valence-electron chi connectivity index (χ3n) is 6.31. The predicted octanol–water partition coefficient (Wildman–Crippen LogP) is 0.404. The lowest BCUT2D eigenvalue weighted by molar-refractivity contribution is -0.122. The molecule has 1 aromatic rings. The Labute approximate surface area is 170 Å². The van der Waals surface area contributed by atoms with Crippen molar-refractivity contribution in [2.75, 3.05) is 24.5 Å². The Kier molecular flexibility index (Phi) is 5.03. The minimum atomic E-state index is -0.507. The van der Waals surface area contributed by atoms with Gasteiger partial charge in [0.1, 0.15) is 6.04 Å². The highest BCUT2D eigenvalue weighted by molar-refractivity contribution is 6.02. The maximum Gasteiger partial charge on any atom is 0.248 e. The van der Waals surface area contributed by atoms with Gasteiger partial charge < -0.3 is 21.3 Å². The lowest BCUT2D eigenvalue weighted by Crippen LogP contribution is -2.54. The summed E-state index contributed by atoms with van der Waals surface area (Å²) in [6.07, 6.45) is 2.55. The highest BCUT2D eigenvalue weighted by atomic mass is 16.2. The molecule has 1 aromatic carbocycles. The summed E-state index contributed by atoms with van der Waals surface area (Å²) < 4.78 is 0. The molecule has 152 valence electrons. The molecular formula is C21H26N6O2. The molecule has 0 aromatic heterocycles. The number of carbonyl (C=O) groups is 2. The minimum Gasteiger partial charge on any atom is -0.366 e. The summed E-state index contributed by atoms with van der Waals surface area (Å²) >= 11 is 0. The van der Waals surface area contributed by atoms with Crippen molar-refractivity contribution < 1.29 is 9.59 Å². The number of amides is 2. The van der Waals surface area contributed by atoms with Crippen LogP contribution in [-0.2, 0) is 4.79 Å². The van der Waals surface area contributed by atoms with Crippen LogP contribution in [0.3, 0.4) is 0 Å². The van der Waals surface area contributed by atoms with E-state index in [9.17, 15) is 14.9 Å². The summed E-state index contributed by atoms with van der Waals surface area (Å²) in [7, 11) is 0. The Morgan fingerprint density at radius 1 is 1.41 bits per heavy atom. The van der Waals surface area contributed by atoms with Crippen LogP contribution in [0, 0.1) is 11.3 Å². The van der Waals surface area contributed by atoms with E-state index >= 15 is 0 Å². The van der Waals surface area contributed by atoms with Gasteiger partial charge in [-0.05, 0) is 37.5 Å². The first-order valence-corrected chi connectivity index (χ1v) is 9.98. The van der Waals surface area contributed by atoms with E-state index in [1.165, 1.54) is 0 Å². The summed E-state index contributed by atoms with van der Waals surface area (Å²) in [5, 5.41) is 9.30. The zero-order valence-electron chi connectivity index (χ0n) is 16.3. The van der Waals surface area contributed by atoms with Gasteiger partial charge >= 0.3 is 0 Å². The summed E-state index contributed by atoms with van der Waals surface area (Å²) in [5.74, 6) is -0.482. The second-order valence-electron chi connectivity index (χ2n) is 8.06. The number of nitriles is 1. The normalized spacial score (nSPS) is 27.3. The van der Waals surface area contributed by atoms with Gasteiger partial charge in [0.2, 0.25) is 11.8 Å². The number of anilines is 1. The van der Waals surface area contributed by atoms with Gasteiger partial charge in [-0.1, -0.05) is 12.6 Å². The Bertz CT molecular complexity index is 893. The number of fused-ring (bicyclic) bond motifs is 2. The van der Waals surface area contributed by atoms with Gasteiger partial charge in [-0.15, -0.1) is 0 Å². The van der Waals surface area contributed by atoms with Crippen LogP contribution in [0.5, 0.6) is 0 Å². The molecule has 8 nitrogen and oxygen atoms in total. The minimum absolute atomic E-state index is 0.0248. The number of hydrogen-bond acceptors (Lipinski definition) is 6. The van der Waals surface area contributed by atoms with Gasteiger partial charge in [-0.25, -0.2) is 0 Å². The fourth-order valence-electron chi connectivity index (χ4n) is 4.83. The Balaban J connectivity index is 1.42. The summed E-state index contributed by atoms with van der Waals surface area (Å²) in [6.45, 7) is 6.20. The van der Waals surface area contributed by atoms with E-state index in [4.69, 9.17) is 11.5 Å². The molecule has 0 radical (unpaired) electrons. The quantitative estimate of drug-likeness (QED) is 0.721. The zero-order valence-corrected chi connectivity index (χ0v) is 16.3. The fraction of sp³-hybridized carbons (Fsp3) is 0.476. The average Bonchev–Trinajstić information content (AvgIpc) is 3.41. The van der Waals surface area contributed by atoms with Crippen LogP contribution in [-0.4, -0.2) is 65.4 Å². The third-order valence-corrected chi connectivity index (χ3v) is 6.31. The molecule has 3 unspecified atom stereocenters. The van der Waals surface area contributed by atoms with Crippen molar-refractivity contribution in [2.24, 2.45) is 11.5 Å². The van der Waals surface area contributed by atoms with Crippen LogP contribution >= 0.6 is 0 Å². The van der Waals surface area contributed by atoms with Crippen molar-refractivity contribution in [3.63, 3.8) is 0 Å². The van der Waals surface area contributed by atoms with Crippen molar-refractivity contribution in [2.45, 2.75) is 43.4 Å². The molecule has 8 heteroatoms. The van der Waals surface area contributed by atoms with E-state index in [0.29, 0.717) is 17.8 Å². The molecule has 0 saturated carbocycles. The van der Waals surface area contributed by atoms with Crippen LogP contribution < -0.4 is 16.4 Å². The van der Waals surface area contributed by atoms with Crippen LogP contribution in [0.25, 0.3) is 0 Å². The maximum absolute atomic E-state index is 13.0. The van der Waals surface area contributed by atoms with Gasteiger partial charge in [-0.2, -0.15) is 5.26 Å². The number of benzene rings is 1. The number of nitrogens with two attached hydrogens (primary N) is 2. The number of hydrogen-bond donors (Lipinski definition) is 2. The Morgan fingerprint density at radius 2 is 2.21 bits per heavy atom. The van der Waals surface area contributed by atoms with E-state index in [1.807, 2.05) is 11.0 Å². The molecule has 2 amide bonds. The van der Waals surface area contributed by atoms with Gasteiger partial charge in [0, 0.05) is 36.6 Å². The lowest BCUT2D eigenvalue weighted by atomic mass is 10.1. The molecule has 3 fully saturated rings. The van der Waals surface area contributed by atoms with Crippen molar-refractivity contribution in [1.29, 1.82) is 5.26 Å². The summed E-state index contributed by atoms with van der Waals surface area (Å²) in [6, 6.07) is 8.57. The summed E-state index contributed by atoms with van der Waals surface area (Å²) in [5.41, 5.74) is 13.7. The monoisotopic (exact) mass is 394 g/mol. The number of piperazine rings is 1. The molecule has 0 aliphatic carbocycles. The second-order valence-corrected chi connectivity index (χ2v) is 8.06. The van der Waals surface area contributed by atoms with E-state index in [2.05, 4.69) is 17.5 Å². The highest BCUT2D eigenvalue weighted by Gasteiger charge is 2.50. The number of likely N-dealkylation sites (tertiary alicyclic amines) is 2. The Hall–Kier alpha value is -2.89. The fourth-order valence-corrected chi connectivity index (χ4v) is 4.83. The number of nitrogens with zero attached hydrogens (tertiary/aromatic N) is 4. The van der Waals surface area contributed by atoms with Crippen molar-refractivity contribution >= 4 is 17.5 Å². The first kappa shape index (κ1) is 19.4. The van der Waals surface area contributed by atoms with E-state index in [-0.39, 0.29) is 30.1 Å². The molecule has 3 saturated heterocycles. The first-order chi connectivity index (χ1) is 13.9. The second kappa shape index (κ2) is 7.50. The van der Waals surface area contributed by atoms with E-state index in [1.54, 1.807) is 23.1 Å². The van der Waals surface area contributed by atoms with Gasteiger partial charge in [0.15, 0.2) is 0 Å². The first-order valence-electron chi connectivity index (χ1n) is 9.98. The molecule has 3 heterocycles. The molecule has 29 heavy (non-hydrogen) atoms. The SMILES string of the molecule is C=C(C(N)CN1C[C@@H]2CC1C(=O)N2c1cccc(C(N)=O)c1)N1CCCC1C#N. The van der Waals surface area contributed by atoms with Crippen LogP contribution in [0.2, 0.25) is 0 Å². The Morgan fingerprint density at radius 3 is 2.90 bits per heavy atom. The average molecular weight is 394 g/mol. The molecule has 2 bridgehead atoms. The van der Waals surface area contributed by atoms with Gasteiger partial charge in [-0.3, -0.25) is 14.5 Å². The predicted molar refractivity (Wildman–Crippen MR) is 109 cm³/mol. The third kappa shape index (κ3) is 3.37. The molecule has 4 atom stereocenters. The zero-order chi connectivity index (χ0) is 20.7. The molecule has 3 aliphatic heterocycles. The smallest absolute Gasteiger partial charge is 0.248 e. The van der Waals surface area contributed by atoms with Crippen molar-refractivity contribution in [1.82, 2.24) is 9.80 Å². The van der Waals surface area contributed by atoms with Gasteiger partial charge in [0.05, 0.1) is 24.2 Å². The van der Waals surface area contributed by atoms with Gasteiger partial charge in [0.25, 0.3) is 0 Å². The molecular weight excluding hydrogens is 368 g/mol. The molecule has 0 spiro atoms. The van der Waals surface area contributed by atoms with Crippen LogP contribution in [0.1, 0.15) is 29.6 Å². The van der Waals surface area contributed by atoms with Crippen molar-refractivity contribution in [3.05, 3.63) is 42.1 Å². The number of carbonyl (C=O) groups excluding carboxylic acids is 2. The molecule has 3 aliphatic rings. The topological polar surface area (TPSA) is 120 Å². The largest absolute Gasteiger partial charge is 0.366 e. The van der Waals surface area contributed by atoms with Crippen LogP contribution in [0.15, 0.2) is 36.5 Å². The lowest BCUT2D eigenvalue weighted by Gasteiger charge is -2.36. The van der Waals surface area contributed by atoms with Crippen LogP contribution in [0.4, 0.5) is 5.69 Å². The van der Waals surface area contributed by atoms with Crippen molar-refractivity contribution in [3.8, 4) is 6.07 Å². The molecule has 4 rings (SSSR count). The highest BCUT2D eigenvalue weighted by Crippen LogP contribution is 2.36. The summed E-state index contributed by atoms with van der Waals surface area (Å²) in [4.78, 5) is 30.4. The standard InChI is InChI=1S/C21H26N6O2/c1-13(26-7-3-6-16(26)10-22)18(23)12-25-11-17-9-19(25)21(29)27(17)15-5-2-4-14(8-15)20(24)28/h2,4-5,8,16-19H,1,3,6-7,9,11-12,23H2,(H2,24,28)/t16?,17-,18?,19?/m0/s1. The molecule has 4 N–H and O–H groups in total. The number of rotatable bonds is 6. The maximum atomic E-state index is 13.0. The number of primary amides is 1.